The number of aliphatic hydroxyl groups excluding tert-OH is 2. The van der Waals surface area contributed by atoms with Crippen molar-refractivity contribution in [2.24, 2.45) is 0 Å². The number of rotatable bonds is 8. The summed E-state index contributed by atoms with van der Waals surface area (Å²) < 4.78 is 0. The summed E-state index contributed by atoms with van der Waals surface area (Å²) in [6, 6.07) is 0. The van der Waals surface area contributed by atoms with Gasteiger partial charge < -0.3 is 15.3 Å². The van der Waals surface area contributed by atoms with Crippen molar-refractivity contribution in [1.82, 2.24) is 0 Å². The zero-order valence-corrected chi connectivity index (χ0v) is 10.5. The van der Waals surface area contributed by atoms with Gasteiger partial charge in [-0.2, -0.15) is 0 Å². The monoisotopic (exact) mass is 234 g/mol. The van der Waals surface area contributed by atoms with E-state index in [0.717, 1.165) is 12.8 Å². The maximum atomic E-state index is 10.0. The number of aliphatic hydroxyl groups is 2. The molecule has 0 heterocycles. The molecule has 0 aromatic carbocycles. The van der Waals surface area contributed by atoms with E-state index in [4.69, 9.17) is 15.3 Å². The highest BCUT2D eigenvalue weighted by Gasteiger charge is 1.94. The molecule has 0 rings (SSSR count). The fourth-order valence-corrected chi connectivity index (χ4v) is 1.07. The van der Waals surface area contributed by atoms with E-state index in [9.17, 15) is 4.79 Å². The Balaban J connectivity index is 0. The van der Waals surface area contributed by atoms with Gasteiger partial charge in [0.25, 0.3) is 0 Å². The van der Waals surface area contributed by atoms with E-state index in [1.54, 1.807) is 6.92 Å². The molecule has 0 saturated carbocycles. The van der Waals surface area contributed by atoms with Crippen LogP contribution in [-0.2, 0) is 4.79 Å². The third-order valence-electron chi connectivity index (χ3n) is 2.04. The highest BCUT2D eigenvalue weighted by Crippen LogP contribution is 2.04. The van der Waals surface area contributed by atoms with Crippen LogP contribution in [0.4, 0.5) is 0 Å². The number of hydrogen-bond donors (Lipinski definition) is 3. The van der Waals surface area contributed by atoms with Gasteiger partial charge in [0.2, 0.25) is 0 Å². The van der Waals surface area contributed by atoms with Crippen molar-refractivity contribution in [1.29, 1.82) is 0 Å². The van der Waals surface area contributed by atoms with Crippen LogP contribution in [0.25, 0.3) is 0 Å². The van der Waals surface area contributed by atoms with E-state index < -0.39 is 5.97 Å². The van der Waals surface area contributed by atoms with Gasteiger partial charge in [-0.1, -0.05) is 32.6 Å². The third kappa shape index (κ3) is 23.3. The summed E-state index contributed by atoms with van der Waals surface area (Å²) in [6.07, 6.45) is 6.02. The molecule has 0 fully saturated rings. The normalized spacial score (nSPS) is 11.5. The second-order valence-electron chi connectivity index (χ2n) is 3.92. The second kappa shape index (κ2) is 14.4. The number of hydrogen-bond acceptors (Lipinski definition) is 3. The molecule has 0 bridgehead atoms. The minimum Gasteiger partial charge on any atom is -0.481 e. The van der Waals surface area contributed by atoms with Gasteiger partial charge in [0.15, 0.2) is 0 Å². The van der Waals surface area contributed by atoms with Crippen molar-refractivity contribution in [2.45, 2.75) is 64.9 Å². The van der Waals surface area contributed by atoms with Crippen LogP contribution in [0.15, 0.2) is 0 Å². The molecule has 1 atom stereocenters. The van der Waals surface area contributed by atoms with Gasteiger partial charge in [0.1, 0.15) is 0 Å². The molecule has 0 spiro atoms. The number of carboxylic acids is 1. The molecule has 0 saturated heterocycles. The quantitative estimate of drug-likeness (QED) is 0.562. The Morgan fingerprint density at radius 2 is 1.75 bits per heavy atom. The lowest BCUT2D eigenvalue weighted by molar-refractivity contribution is -0.137. The Bertz CT molecular complexity index is 146. The van der Waals surface area contributed by atoms with Gasteiger partial charge in [-0.05, 0) is 19.8 Å². The Morgan fingerprint density at radius 3 is 2.06 bits per heavy atom. The summed E-state index contributed by atoms with van der Waals surface area (Å²) in [7, 11) is 0. The number of aliphatic carboxylic acids is 1. The lowest BCUT2D eigenvalue weighted by Crippen LogP contribution is -2.00. The minimum atomic E-state index is -0.670. The molecule has 0 aliphatic rings. The first kappa shape index (κ1) is 17.8. The highest BCUT2D eigenvalue weighted by molar-refractivity contribution is 5.66. The summed E-state index contributed by atoms with van der Waals surface area (Å²) in [4.78, 5) is 10.0. The van der Waals surface area contributed by atoms with Gasteiger partial charge in [-0.3, -0.25) is 4.79 Å². The Kier molecular flexibility index (Phi) is 16.0. The fraction of sp³-hybridized carbons (Fsp3) is 0.917. The average molecular weight is 234 g/mol. The molecule has 0 aliphatic carbocycles. The largest absolute Gasteiger partial charge is 0.481 e. The molecule has 0 aliphatic heterocycles. The zero-order valence-electron chi connectivity index (χ0n) is 10.5. The van der Waals surface area contributed by atoms with E-state index in [2.05, 4.69) is 6.92 Å². The van der Waals surface area contributed by atoms with Gasteiger partial charge >= 0.3 is 5.97 Å². The van der Waals surface area contributed by atoms with Crippen LogP contribution in [0.5, 0.6) is 0 Å². The predicted octanol–water partition coefficient (Wildman–Crippen LogP) is 2.18. The van der Waals surface area contributed by atoms with E-state index in [1.807, 2.05) is 0 Å². The van der Waals surface area contributed by atoms with Crippen molar-refractivity contribution >= 4 is 5.97 Å². The molecule has 0 aromatic rings. The number of unbranched alkanes of at least 4 members (excludes halogenated alkanes) is 4. The topological polar surface area (TPSA) is 77.8 Å². The molecule has 0 amide bonds. The SMILES string of the molecule is CC(O)CCO.CCCCCCCC(=O)O. The maximum Gasteiger partial charge on any atom is 0.303 e. The van der Waals surface area contributed by atoms with Crippen LogP contribution in [0.1, 0.15) is 58.8 Å². The van der Waals surface area contributed by atoms with Crippen molar-refractivity contribution in [3.63, 3.8) is 0 Å². The van der Waals surface area contributed by atoms with Crippen molar-refractivity contribution in [3.05, 3.63) is 0 Å². The third-order valence-corrected chi connectivity index (χ3v) is 2.04. The van der Waals surface area contributed by atoms with Gasteiger partial charge in [-0.15, -0.1) is 0 Å². The van der Waals surface area contributed by atoms with Crippen molar-refractivity contribution < 1.29 is 20.1 Å². The molecule has 98 valence electrons. The molecule has 4 heteroatoms. The van der Waals surface area contributed by atoms with Gasteiger partial charge in [-0.25, -0.2) is 0 Å². The highest BCUT2D eigenvalue weighted by atomic mass is 16.4. The molecule has 1 unspecified atom stereocenters. The second-order valence-corrected chi connectivity index (χ2v) is 3.92. The van der Waals surface area contributed by atoms with Crippen LogP contribution in [0.3, 0.4) is 0 Å². The number of carbonyl (C=O) groups is 1. The van der Waals surface area contributed by atoms with Gasteiger partial charge in [0, 0.05) is 13.0 Å². The first-order chi connectivity index (χ1) is 7.54. The molecular weight excluding hydrogens is 208 g/mol. The van der Waals surface area contributed by atoms with Crippen LogP contribution >= 0.6 is 0 Å². The molecule has 4 nitrogen and oxygen atoms in total. The number of carboxylic acid groups (broad SMARTS) is 1. The van der Waals surface area contributed by atoms with Crippen LogP contribution in [0, 0.1) is 0 Å². The molecule has 0 radical (unpaired) electrons. The standard InChI is InChI=1S/C8H16O2.C4H10O2/c1-2-3-4-5-6-7-8(9)10;1-4(6)2-3-5/h2-7H2,1H3,(H,9,10);4-6H,2-3H2,1H3. The smallest absolute Gasteiger partial charge is 0.303 e. The van der Waals surface area contributed by atoms with E-state index >= 15 is 0 Å². The summed E-state index contributed by atoms with van der Waals surface area (Å²) >= 11 is 0. The van der Waals surface area contributed by atoms with Crippen LogP contribution in [-0.4, -0.2) is 34.0 Å². The first-order valence-electron chi connectivity index (χ1n) is 6.05. The van der Waals surface area contributed by atoms with Crippen molar-refractivity contribution in [2.75, 3.05) is 6.61 Å². The zero-order chi connectivity index (χ0) is 12.8. The Labute approximate surface area is 98.3 Å². The Morgan fingerprint density at radius 1 is 1.19 bits per heavy atom. The Hall–Kier alpha value is -0.610. The summed E-state index contributed by atoms with van der Waals surface area (Å²) in [5.41, 5.74) is 0. The van der Waals surface area contributed by atoms with E-state index in [1.165, 1.54) is 19.3 Å². The maximum absolute atomic E-state index is 10.0. The summed E-state index contributed by atoms with van der Waals surface area (Å²) in [6.45, 7) is 3.88. The summed E-state index contributed by atoms with van der Waals surface area (Å²) in [5.74, 6) is -0.670. The van der Waals surface area contributed by atoms with Gasteiger partial charge in [0.05, 0.1) is 6.10 Å². The fourth-order valence-electron chi connectivity index (χ4n) is 1.07. The first-order valence-corrected chi connectivity index (χ1v) is 6.05. The average Bonchev–Trinajstić information content (AvgIpc) is 2.17. The summed E-state index contributed by atoms with van der Waals surface area (Å²) in [5, 5.41) is 24.7. The van der Waals surface area contributed by atoms with Crippen LogP contribution < -0.4 is 0 Å². The van der Waals surface area contributed by atoms with E-state index in [0.29, 0.717) is 12.8 Å². The minimum absolute atomic E-state index is 0.0810. The van der Waals surface area contributed by atoms with Crippen molar-refractivity contribution in [3.8, 4) is 0 Å². The van der Waals surface area contributed by atoms with E-state index in [-0.39, 0.29) is 12.7 Å². The van der Waals surface area contributed by atoms with Crippen LogP contribution in [0.2, 0.25) is 0 Å². The molecular formula is C12H26O4. The lowest BCUT2D eigenvalue weighted by atomic mass is 10.1. The molecule has 3 N–H and O–H groups in total. The molecule has 16 heavy (non-hydrogen) atoms. The predicted molar refractivity (Wildman–Crippen MR) is 64.4 cm³/mol. The molecule has 0 aromatic heterocycles. The lowest BCUT2D eigenvalue weighted by Gasteiger charge is -1.95.